The summed E-state index contributed by atoms with van der Waals surface area (Å²) in [5.74, 6) is -0.628. The molecule has 3 aromatic rings. The van der Waals surface area contributed by atoms with Crippen LogP contribution in [0.4, 0.5) is 0 Å². The van der Waals surface area contributed by atoms with Crippen LogP contribution in [-0.4, -0.2) is 20.5 Å². The van der Waals surface area contributed by atoms with Gasteiger partial charge in [0.25, 0.3) is 0 Å². The number of aromatic nitrogens is 2. The largest absolute Gasteiger partial charge is 0.481 e. The number of fused-ring (bicyclic) bond motifs is 1. The molecule has 0 saturated heterocycles. The summed E-state index contributed by atoms with van der Waals surface area (Å²) in [5, 5.41) is 11.3. The molecule has 0 amide bonds. The minimum absolute atomic E-state index is 0.00965. The zero-order chi connectivity index (χ0) is 15.9. The maximum atomic E-state index is 11.3. The fraction of sp³-hybridized carbons (Fsp3) is 0.294. The highest BCUT2D eigenvalue weighted by Gasteiger charge is 2.21. The van der Waals surface area contributed by atoms with Crippen molar-refractivity contribution in [3.63, 3.8) is 0 Å². The van der Waals surface area contributed by atoms with E-state index in [1.165, 1.54) is 5.56 Å². The maximum absolute atomic E-state index is 11.3. The molecule has 0 radical (unpaired) electrons. The molecular formula is C17H18N2O2S. The summed E-state index contributed by atoms with van der Waals surface area (Å²) in [7, 11) is 0. The number of rotatable bonds is 4. The smallest absolute Gasteiger partial charge is 0.309 e. The lowest BCUT2D eigenvalue weighted by atomic mass is 10.1. The van der Waals surface area contributed by atoms with Crippen molar-refractivity contribution >= 4 is 22.3 Å². The number of carboxylic acids is 1. The van der Waals surface area contributed by atoms with Crippen molar-refractivity contribution in [2.24, 2.45) is 0 Å². The fourth-order valence-corrected chi connectivity index (χ4v) is 3.56. The van der Waals surface area contributed by atoms with E-state index in [9.17, 15) is 9.90 Å². The molecule has 0 aliphatic heterocycles. The van der Waals surface area contributed by atoms with Gasteiger partial charge in [0.15, 0.2) is 4.96 Å². The second-order valence-corrected chi connectivity index (χ2v) is 6.61. The van der Waals surface area contributed by atoms with Gasteiger partial charge in [-0.3, -0.25) is 9.20 Å². The predicted molar refractivity (Wildman–Crippen MR) is 88.7 cm³/mol. The van der Waals surface area contributed by atoms with Crippen molar-refractivity contribution in [1.82, 2.24) is 9.38 Å². The van der Waals surface area contributed by atoms with E-state index >= 15 is 0 Å². The number of hydrogen-bond donors (Lipinski definition) is 1. The van der Waals surface area contributed by atoms with Crippen LogP contribution >= 0.6 is 11.3 Å². The summed E-state index contributed by atoms with van der Waals surface area (Å²) in [6.45, 7) is 6.14. The zero-order valence-electron chi connectivity index (χ0n) is 12.8. The second-order valence-electron chi connectivity index (χ2n) is 5.77. The van der Waals surface area contributed by atoms with Crippen LogP contribution in [0.25, 0.3) is 16.2 Å². The van der Waals surface area contributed by atoms with E-state index in [1.807, 2.05) is 23.6 Å². The molecular weight excluding hydrogens is 296 g/mol. The first-order valence-corrected chi connectivity index (χ1v) is 8.13. The van der Waals surface area contributed by atoms with Crippen molar-refractivity contribution in [2.45, 2.75) is 33.1 Å². The molecule has 0 aliphatic rings. The first kappa shape index (κ1) is 14.8. The van der Waals surface area contributed by atoms with E-state index in [1.54, 1.807) is 11.3 Å². The van der Waals surface area contributed by atoms with Crippen LogP contribution in [-0.2, 0) is 11.2 Å². The molecule has 0 fully saturated rings. The third-order valence-corrected chi connectivity index (χ3v) is 4.53. The van der Waals surface area contributed by atoms with Crippen molar-refractivity contribution in [1.29, 1.82) is 0 Å². The maximum Gasteiger partial charge on any atom is 0.309 e. The molecule has 0 spiro atoms. The lowest BCUT2D eigenvalue weighted by Crippen LogP contribution is -2.07. The lowest BCUT2D eigenvalue weighted by molar-refractivity contribution is -0.136. The van der Waals surface area contributed by atoms with E-state index in [-0.39, 0.29) is 12.3 Å². The van der Waals surface area contributed by atoms with Gasteiger partial charge in [-0.1, -0.05) is 43.7 Å². The van der Waals surface area contributed by atoms with Crippen molar-refractivity contribution < 1.29 is 9.90 Å². The Balaban J connectivity index is 2.23. The Morgan fingerprint density at radius 2 is 2.00 bits per heavy atom. The van der Waals surface area contributed by atoms with Crippen LogP contribution < -0.4 is 0 Å². The summed E-state index contributed by atoms with van der Waals surface area (Å²) in [6.07, 6.45) is -0.00965. The Labute approximate surface area is 133 Å². The highest BCUT2D eigenvalue weighted by Crippen LogP contribution is 2.31. The van der Waals surface area contributed by atoms with Gasteiger partial charge in [-0.25, -0.2) is 4.98 Å². The predicted octanol–water partition coefficient (Wildman–Crippen LogP) is 4.12. The summed E-state index contributed by atoms with van der Waals surface area (Å²) in [4.78, 5) is 16.8. The molecule has 0 saturated carbocycles. The Kier molecular flexibility index (Phi) is 3.74. The van der Waals surface area contributed by atoms with Gasteiger partial charge in [0.2, 0.25) is 0 Å². The summed E-state index contributed by atoms with van der Waals surface area (Å²) in [5.41, 5.74) is 4.96. The van der Waals surface area contributed by atoms with Crippen LogP contribution in [0.2, 0.25) is 0 Å². The average molecular weight is 314 g/mol. The molecule has 0 atom stereocenters. The van der Waals surface area contributed by atoms with Crippen LogP contribution in [0.15, 0.2) is 29.6 Å². The summed E-state index contributed by atoms with van der Waals surface area (Å²) >= 11 is 1.55. The Hall–Kier alpha value is -2.14. The lowest BCUT2D eigenvalue weighted by Gasteiger charge is -2.07. The molecule has 5 heteroatoms. The fourth-order valence-electron chi connectivity index (χ4n) is 2.63. The van der Waals surface area contributed by atoms with Gasteiger partial charge in [0.1, 0.15) is 0 Å². The van der Waals surface area contributed by atoms with E-state index in [2.05, 4.69) is 36.2 Å². The topological polar surface area (TPSA) is 54.6 Å². The molecule has 0 unspecified atom stereocenters. The normalized spacial score (nSPS) is 11.5. The van der Waals surface area contributed by atoms with Crippen LogP contribution in [0.3, 0.4) is 0 Å². The van der Waals surface area contributed by atoms with Gasteiger partial charge in [-0.2, -0.15) is 0 Å². The first-order valence-electron chi connectivity index (χ1n) is 7.25. The highest BCUT2D eigenvalue weighted by atomic mass is 32.1. The van der Waals surface area contributed by atoms with Crippen molar-refractivity contribution in [3.8, 4) is 11.3 Å². The molecule has 1 N–H and O–H groups in total. The summed E-state index contributed by atoms with van der Waals surface area (Å²) < 4.78 is 2.00. The number of hydrogen-bond acceptors (Lipinski definition) is 3. The zero-order valence-corrected chi connectivity index (χ0v) is 13.6. The molecule has 3 rings (SSSR count). The number of imidazole rings is 1. The number of benzene rings is 1. The van der Waals surface area contributed by atoms with Crippen LogP contribution in [0, 0.1) is 6.92 Å². The van der Waals surface area contributed by atoms with Gasteiger partial charge in [-0.05, 0) is 18.4 Å². The molecule has 0 bridgehead atoms. The quantitative estimate of drug-likeness (QED) is 0.788. The Morgan fingerprint density at radius 3 is 2.59 bits per heavy atom. The van der Waals surface area contributed by atoms with Gasteiger partial charge in [0.05, 0.1) is 23.5 Å². The third kappa shape index (κ3) is 2.52. The average Bonchev–Trinajstić information content (AvgIpc) is 3.00. The Bertz CT molecular complexity index is 828. The van der Waals surface area contributed by atoms with Gasteiger partial charge in [0, 0.05) is 5.38 Å². The van der Waals surface area contributed by atoms with Crippen LogP contribution in [0.5, 0.6) is 0 Å². The Morgan fingerprint density at radius 1 is 1.32 bits per heavy atom. The van der Waals surface area contributed by atoms with Gasteiger partial charge >= 0.3 is 5.97 Å². The van der Waals surface area contributed by atoms with E-state index in [4.69, 9.17) is 0 Å². The van der Waals surface area contributed by atoms with Gasteiger partial charge < -0.3 is 5.11 Å². The van der Waals surface area contributed by atoms with Crippen molar-refractivity contribution in [2.75, 3.05) is 0 Å². The second kappa shape index (κ2) is 5.57. The molecule has 2 heterocycles. The number of carbonyl (C=O) groups is 1. The molecule has 22 heavy (non-hydrogen) atoms. The van der Waals surface area contributed by atoms with E-state index in [0.717, 1.165) is 27.6 Å². The minimum Gasteiger partial charge on any atom is -0.481 e. The van der Waals surface area contributed by atoms with Crippen LogP contribution in [0.1, 0.15) is 36.7 Å². The molecule has 114 valence electrons. The number of aliphatic carboxylic acids is 1. The first-order chi connectivity index (χ1) is 10.5. The summed E-state index contributed by atoms with van der Waals surface area (Å²) in [6, 6.07) is 8.26. The third-order valence-electron chi connectivity index (χ3n) is 3.70. The minimum atomic E-state index is -0.829. The van der Waals surface area contributed by atoms with E-state index < -0.39 is 5.97 Å². The molecule has 2 aromatic heterocycles. The number of aryl methyl sites for hydroxylation is 1. The van der Waals surface area contributed by atoms with E-state index in [0.29, 0.717) is 0 Å². The number of thiazole rings is 1. The standard InChI is InChI=1S/C17H18N2O2S/c1-10(2)16-13(8-15(20)21)19-14(9-22-17(19)18-16)12-6-4-11(3)5-7-12/h4-7,9-10H,8H2,1-3H3,(H,20,21). The molecule has 0 aliphatic carbocycles. The molecule has 4 nitrogen and oxygen atoms in total. The number of nitrogens with zero attached hydrogens (tertiary/aromatic N) is 2. The molecule has 1 aromatic carbocycles. The van der Waals surface area contributed by atoms with Gasteiger partial charge in [-0.15, -0.1) is 11.3 Å². The highest BCUT2D eigenvalue weighted by molar-refractivity contribution is 7.15. The number of carboxylic acid groups (broad SMARTS) is 1. The van der Waals surface area contributed by atoms with Crippen molar-refractivity contribution in [3.05, 3.63) is 46.6 Å². The monoisotopic (exact) mass is 314 g/mol. The SMILES string of the molecule is Cc1ccc(-c2csc3nc(C(C)C)c(CC(=O)O)n23)cc1.